The first-order valence-electron chi connectivity index (χ1n) is 23.6. The van der Waals surface area contributed by atoms with E-state index < -0.39 is 5.54 Å². The van der Waals surface area contributed by atoms with E-state index in [-0.39, 0.29) is 5.54 Å². The summed E-state index contributed by atoms with van der Waals surface area (Å²) >= 11 is 0. The van der Waals surface area contributed by atoms with Crippen molar-refractivity contribution in [3.05, 3.63) is 162 Å². The SMILES string of the molecule is Cc1ccc2c(c1)c1ccc(-n3c4ccc(C(C)C)cc4c4cccnc43)cc1n2-c1cc(C2=N[C@](C)(C(C(C)C)C(C)C)C(C)(C)N2c2c(C)cccc2C)cc(-c2ccccn2)c1. The van der Waals surface area contributed by atoms with Gasteiger partial charge in [0.2, 0.25) is 0 Å². The molecule has 6 nitrogen and oxygen atoms in total. The second kappa shape index (κ2) is 15.6. The number of aryl methyl sites for hydroxylation is 3. The fourth-order valence-corrected chi connectivity index (χ4v) is 11.8. The molecule has 0 unspecified atom stereocenters. The van der Waals surface area contributed by atoms with E-state index in [1.165, 1.54) is 44.1 Å². The van der Waals surface area contributed by atoms with Crippen molar-refractivity contribution < 1.29 is 0 Å². The van der Waals surface area contributed by atoms with Crippen molar-refractivity contribution in [2.75, 3.05) is 4.90 Å². The number of benzene rings is 5. The van der Waals surface area contributed by atoms with Gasteiger partial charge in [-0.15, -0.1) is 0 Å². The maximum atomic E-state index is 6.04. The number of aliphatic imine (C=N–C) groups is 1. The highest BCUT2D eigenvalue weighted by molar-refractivity contribution is 6.15. The van der Waals surface area contributed by atoms with Crippen LogP contribution in [0.15, 0.2) is 139 Å². The van der Waals surface area contributed by atoms with Crippen LogP contribution in [0.25, 0.3) is 66.4 Å². The van der Waals surface area contributed by atoms with E-state index in [1.54, 1.807) is 0 Å². The predicted molar refractivity (Wildman–Crippen MR) is 276 cm³/mol. The molecule has 0 saturated heterocycles. The molecule has 0 aliphatic carbocycles. The van der Waals surface area contributed by atoms with Crippen LogP contribution in [0.1, 0.15) is 96.0 Å². The summed E-state index contributed by atoms with van der Waals surface area (Å²) in [5.41, 5.74) is 15.0. The molecule has 328 valence electrons. The van der Waals surface area contributed by atoms with Gasteiger partial charge >= 0.3 is 0 Å². The van der Waals surface area contributed by atoms with E-state index >= 15 is 0 Å². The third-order valence-corrected chi connectivity index (χ3v) is 14.9. The predicted octanol–water partition coefficient (Wildman–Crippen LogP) is 15.1. The van der Waals surface area contributed by atoms with Crippen molar-refractivity contribution in [3.63, 3.8) is 0 Å². The van der Waals surface area contributed by atoms with Gasteiger partial charge in [0.1, 0.15) is 11.5 Å². The molecule has 6 heteroatoms. The fourth-order valence-electron chi connectivity index (χ4n) is 11.8. The van der Waals surface area contributed by atoms with E-state index in [0.717, 1.165) is 61.6 Å². The van der Waals surface area contributed by atoms with Crippen molar-refractivity contribution in [2.45, 2.75) is 100 Å². The van der Waals surface area contributed by atoms with Crippen LogP contribution < -0.4 is 4.90 Å². The molecule has 65 heavy (non-hydrogen) atoms. The third kappa shape index (κ3) is 6.62. The highest BCUT2D eigenvalue weighted by atomic mass is 15.3. The fraction of sp³-hybridized carbons (Fsp3) is 0.305. The molecule has 5 heterocycles. The van der Waals surface area contributed by atoms with Gasteiger partial charge < -0.3 is 9.47 Å². The summed E-state index contributed by atoms with van der Waals surface area (Å²) in [5, 5.41) is 4.81. The standard InChI is InChI=1S/C59H62N6/c1-35(2)41-22-26-52-49(33-41)47-19-16-28-61-57(47)64(52)44-23-24-46-48-29-38(7)21-25-51(48)63(53(46)34-44)45-31-42(50-20-13-14-27-60-50)30-43(32-45)56-62-59(12,54(36(3)4)37(5)6)58(10,11)65(56)55-39(8)17-15-18-40(55)9/h13-37,54H,1-12H3/t59-/m1/s1. The van der Waals surface area contributed by atoms with Crippen LogP contribution in [0.3, 0.4) is 0 Å². The quantitative estimate of drug-likeness (QED) is 0.145. The largest absolute Gasteiger partial charge is 0.318 e. The smallest absolute Gasteiger partial charge is 0.145 e. The average Bonchev–Trinajstić information content (AvgIpc) is 3.85. The second-order valence-corrected chi connectivity index (χ2v) is 20.4. The van der Waals surface area contributed by atoms with Crippen molar-refractivity contribution in [1.29, 1.82) is 0 Å². The van der Waals surface area contributed by atoms with Gasteiger partial charge in [-0.25, -0.2) is 4.98 Å². The molecule has 1 aliphatic heterocycles. The first-order valence-corrected chi connectivity index (χ1v) is 23.6. The van der Waals surface area contributed by atoms with E-state index in [0.29, 0.717) is 23.7 Å². The van der Waals surface area contributed by atoms with E-state index in [2.05, 4.69) is 212 Å². The average molecular weight is 855 g/mol. The molecular formula is C59H62N6. The molecule has 0 bridgehead atoms. The zero-order chi connectivity index (χ0) is 45.7. The van der Waals surface area contributed by atoms with Crippen molar-refractivity contribution >= 4 is 55.3 Å². The van der Waals surface area contributed by atoms with Crippen LogP contribution in [-0.2, 0) is 0 Å². The maximum absolute atomic E-state index is 6.04. The zero-order valence-electron chi connectivity index (χ0n) is 40.2. The van der Waals surface area contributed by atoms with Crippen molar-refractivity contribution in [3.8, 4) is 22.6 Å². The van der Waals surface area contributed by atoms with Crippen LogP contribution in [0, 0.1) is 38.5 Å². The van der Waals surface area contributed by atoms with Gasteiger partial charge in [-0.2, -0.15) is 0 Å². The Kier molecular flexibility index (Phi) is 10.2. The lowest BCUT2D eigenvalue weighted by Crippen LogP contribution is -2.60. The van der Waals surface area contributed by atoms with Gasteiger partial charge in [-0.1, -0.05) is 89.6 Å². The molecule has 1 aliphatic rings. The summed E-state index contributed by atoms with van der Waals surface area (Å²) < 4.78 is 4.81. The van der Waals surface area contributed by atoms with Gasteiger partial charge in [0.25, 0.3) is 0 Å². The number of para-hydroxylation sites is 1. The second-order valence-electron chi connectivity index (χ2n) is 20.4. The van der Waals surface area contributed by atoms with E-state index in [9.17, 15) is 0 Å². The number of rotatable bonds is 9. The summed E-state index contributed by atoms with van der Waals surface area (Å²) in [7, 11) is 0. The number of nitrogens with zero attached hydrogens (tertiary/aromatic N) is 6. The molecule has 0 radical (unpaired) electrons. The lowest BCUT2D eigenvalue weighted by atomic mass is 9.64. The molecular weight excluding hydrogens is 793 g/mol. The number of hydrogen-bond acceptors (Lipinski definition) is 4. The maximum Gasteiger partial charge on any atom is 0.145 e. The van der Waals surface area contributed by atoms with Crippen LogP contribution >= 0.6 is 0 Å². The highest BCUT2D eigenvalue weighted by Crippen LogP contribution is 2.52. The van der Waals surface area contributed by atoms with E-state index in [4.69, 9.17) is 15.0 Å². The number of anilines is 1. The minimum absolute atomic E-state index is 0.326. The first-order chi connectivity index (χ1) is 31.1. The lowest BCUT2D eigenvalue weighted by Gasteiger charge is -2.50. The molecule has 1 atom stereocenters. The Morgan fingerprint density at radius 3 is 1.92 bits per heavy atom. The van der Waals surface area contributed by atoms with Crippen molar-refractivity contribution in [1.82, 2.24) is 19.1 Å². The number of fused-ring (bicyclic) bond motifs is 6. The molecule has 4 aromatic heterocycles. The van der Waals surface area contributed by atoms with Gasteiger partial charge in [0.05, 0.1) is 33.3 Å². The molecule has 0 spiro atoms. The first kappa shape index (κ1) is 42.4. The molecule has 10 rings (SSSR count). The van der Waals surface area contributed by atoms with E-state index in [1.807, 2.05) is 18.5 Å². The summed E-state index contributed by atoms with van der Waals surface area (Å²) in [6.45, 7) is 27.9. The monoisotopic (exact) mass is 855 g/mol. The molecule has 5 aromatic carbocycles. The molecule has 0 amide bonds. The van der Waals surface area contributed by atoms with Crippen molar-refractivity contribution in [2.24, 2.45) is 22.7 Å². The highest BCUT2D eigenvalue weighted by Gasteiger charge is 2.58. The number of pyridine rings is 2. The van der Waals surface area contributed by atoms with Gasteiger partial charge in [-0.05, 0) is 161 Å². The Morgan fingerprint density at radius 1 is 0.523 bits per heavy atom. The van der Waals surface area contributed by atoms with Crippen LogP contribution in [0.5, 0.6) is 0 Å². The summed E-state index contributed by atoms with van der Waals surface area (Å²) in [6.07, 6.45) is 3.81. The number of aromatic nitrogens is 4. The lowest BCUT2D eigenvalue weighted by molar-refractivity contribution is 0.116. The van der Waals surface area contributed by atoms with Crippen LogP contribution in [0.4, 0.5) is 5.69 Å². The summed E-state index contributed by atoms with van der Waals surface area (Å²) in [4.78, 5) is 18.6. The molecule has 0 N–H and O–H groups in total. The van der Waals surface area contributed by atoms with Gasteiger partial charge in [-0.3, -0.25) is 14.5 Å². The Bertz CT molecular complexity index is 3310. The Balaban J connectivity index is 1.28. The number of hydrogen-bond donors (Lipinski definition) is 0. The Labute approximate surface area is 384 Å². The third-order valence-electron chi connectivity index (χ3n) is 14.9. The Hall–Kier alpha value is -6.53. The topological polar surface area (TPSA) is 51.2 Å². The van der Waals surface area contributed by atoms with Gasteiger partial charge in [0, 0.05) is 62.1 Å². The van der Waals surface area contributed by atoms with Gasteiger partial charge in [0.15, 0.2) is 0 Å². The zero-order valence-corrected chi connectivity index (χ0v) is 40.2. The summed E-state index contributed by atoms with van der Waals surface area (Å²) in [5.74, 6) is 2.59. The minimum Gasteiger partial charge on any atom is -0.318 e. The molecule has 0 saturated carbocycles. The molecule has 9 aromatic rings. The summed E-state index contributed by atoms with van der Waals surface area (Å²) in [6, 6.07) is 44.9. The van der Waals surface area contributed by atoms with Crippen LogP contribution in [0.2, 0.25) is 0 Å². The number of amidine groups is 1. The Morgan fingerprint density at radius 2 is 1.22 bits per heavy atom. The minimum atomic E-state index is -0.411. The normalized spacial score (nSPS) is 16.5. The molecule has 0 fully saturated rings. The van der Waals surface area contributed by atoms with Crippen LogP contribution in [-0.4, -0.2) is 36.0 Å².